The topological polar surface area (TPSA) is 67.9 Å². The minimum absolute atomic E-state index is 0.0330. The molecule has 2 aromatic rings. The lowest BCUT2D eigenvalue weighted by Crippen LogP contribution is -2.35. The maximum absolute atomic E-state index is 12.6. The van der Waals surface area contributed by atoms with Crippen LogP contribution in [0.2, 0.25) is 0 Å². The minimum atomic E-state index is -0.368. The van der Waals surface area contributed by atoms with E-state index in [1.54, 1.807) is 19.1 Å². The van der Waals surface area contributed by atoms with Gasteiger partial charge in [-0.3, -0.25) is 9.59 Å². The average molecular weight is 368 g/mol. The van der Waals surface area contributed by atoms with E-state index in [-0.39, 0.29) is 30.3 Å². The standard InChI is InChI=1S/C21H24N2O4/c1-26-18-11-7-6-10-17(18)19(27-2)13-22-21(25)15-12-20(24)23(14-15)16-8-4-3-5-9-16/h3-11,15,19H,12-14H2,1-2H3,(H,22,25). The summed E-state index contributed by atoms with van der Waals surface area (Å²) in [6.45, 7) is 0.701. The van der Waals surface area contributed by atoms with E-state index < -0.39 is 0 Å². The summed E-state index contributed by atoms with van der Waals surface area (Å²) in [4.78, 5) is 26.6. The molecule has 1 aliphatic heterocycles. The van der Waals surface area contributed by atoms with Gasteiger partial charge in [0.25, 0.3) is 0 Å². The molecule has 0 saturated carbocycles. The fraction of sp³-hybridized carbons (Fsp3) is 0.333. The molecule has 1 heterocycles. The van der Waals surface area contributed by atoms with Crippen molar-refractivity contribution in [1.29, 1.82) is 0 Å². The molecule has 1 fully saturated rings. The Morgan fingerprint density at radius 1 is 1.15 bits per heavy atom. The number of carbonyl (C=O) groups excluding carboxylic acids is 2. The van der Waals surface area contributed by atoms with Crippen molar-refractivity contribution in [3.63, 3.8) is 0 Å². The second kappa shape index (κ2) is 8.68. The molecule has 0 radical (unpaired) electrons. The van der Waals surface area contributed by atoms with Gasteiger partial charge in [-0.05, 0) is 18.2 Å². The molecule has 142 valence electrons. The summed E-state index contributed by atoms with van der Waals surface area (Å²) >= 11 is 0. The van der Waals surface area contributed by atoms with Gasteiger partial charge in [-0.1, -0.05) is 36.4 Å². The zero-order chi connectivity index (χ0) is 19.2. The number of nitrogens with one attached hydrogen (secondary N) is 1. The number of anilines is 1. The van der Waals surface area contributed by atoms with Crippen LogP contribution in [0.3, 0.4) is 0 Å². The number of nitrogens with zero attached hydrogens (tertiary/aromatic N) is 1. The molecule has 1 aliphatic rings. The molecule has 1 saturated heterocycles. The Labute approximate surface area is 159 Å². The summed E-state index contributed by atoms with van der Waals surface area (Å²) in [5.41, 5.74) is 1.69. The third kappa shape index (κ3) is 4.28. The molecule has 27 heavy (non-hydrogen) atoms. The maximum atomic E-state index is 12.6. The van der Waals surface area contributed by atoms with Gasteiger partial charge in [0.15, 0.2) is 0 Å². The van der Waals surface area contributed by atoms with Gasteiger partial charge in [-0.2, -0.15) is 0 Å². The first kappa shape index (κ1) is 18.9. The van der Waals surface area contributed by atoms with Crippen molar-refractivity contribution < 1.29 is 19.1 Å². The van der Waals surface area contributed by atoms with Crippen LogP contribution in [0.1, 0.15) is 18.1 Å². The molecule has 0 spiro atoms. The summed E-state index contributed by atoms with van der Waals surface area (Å²) in [5.74, 6) is 0.172. The van der Waals surface area contributed by atoms with Gasteiger partial charge in [-0.15, -0.1) is 0 Å². The highest BCUT2D eigenvalue weighted by Crippen LogP contribution is 2.27. The fourth-order valence-corrected chi connectivity index (χ4v) is 3.33. The normalized spacial score (nSPS) is 17.6. The largest absolute Gasteiger partial charge is 0.496 e. The van der Waals surface area contributed by atoms with Gasteiger partial charge < -0.3 is 19.7 Å². The van der Waals surface area contributed by atoms with Crippen molar-refractivity contribution in [3.8, 4) is 5.75 Å². The van der Waals surface area contributed by atoms with E-state index in [0.717, 1.165) is 11.3 Å². The first-order valence-electron chi connectivity index (χ1n) is 8.93. The van der Waals surface area contributed by atoms with Crippen molar-refractivity contribution in [2.75, 3.05) is 32.2 Å². The minimum Gasteiger partial charge on any atom is -0.496 e. The Kier molecular flexibility index (Phi) is 6.08. The molecule has 2 aromatic carbocycles. The fourth-order valence-electron chi connectivity index (χ4n) is 3.33. The Morgan fingerprint density at radius 2 is 1.85 bits per heavy atom. The van der Waals surface area contributed by atoms with Gasteiger partial charge in [0.2, 0.25) is 11.8 Å². The van der Waals surface area contributed by atoms with E-state index in [0.29, 0.717) is 18.8 Å². The number of benzene rings is 2. The molecule has 6 heteroatoms. The lowest BCUT2D eigenvalue weighted by Gasteiger charge is -2.20. The smallest absolute Gasteiger partial charge is 0.227 e. The van der Waals surface area contributed by atoms with Crippen molar-refractivity contribution in [2.24, 2.45) is 5.92 Å². The van der Waals surface area contributed by atoms with Crippen LogP contribution in [-0.4, -0.2) is 39.1 Å². The van der Waals surface area contributed by atoms with Gasteiger partial charge in [-0.25, -0.2) is 0 Å². The third-order valence-corrected chi connectivity index (χ3v) is 4.80. The monoisotopic (exact) mass is 368 g/mol. The van der Waals surface area contributed by atoms with Crippen molar-refractivity contribution in [3.05, 3.63) is 60.2 Å². The zero-order valence-electron chi connectivity index (χ0n) is 15.6. The van der Waals surface area contributed by atoms with Gasteiger partial charge >= 0.3 is 0 Å². The van der Waals surface area contributed by atoms with E-state index in [9.17, 15) is 9.59 Å². The van der Waals surface area contributed by atoms with Crippen molar-refractivity contribution >= 4 is 17.5 Å². The third-order valence-electron chi connectivity index (χ3n) is 4.80. The number of methoxy groups -OCH3 is 2. The summed E-state index contributed by atoms with van der Waals surface area (Å²) in [6.07, 6.45) is -0.111. The van der Waals surface area contributed by atoms with Gasteiger partial charge in [0.1, 0.15) is 11.9 Å². The molecule has 2 atom stereocenters. The maximum Gasteiger partial charge on any atom is 0.227 e. The van der Waals surface area contributed by atoms with Crippen LogP contribution in [0.4, 0.5) is 5.69 Å². The predicted octanol–water partition coefficient (Wildman–Crippen LogP) is 2.55. The van der Waals surface area contributed by atoms with Crippen LogP contribution in [0, 0.1) is 5.92 Å². The van der Waals surface area contributed by atoms with Crippen LogP contribution < -0.4 is 15.0 Å². The van der Waals surface area contributed by atoms with E-state index in [4.69, 9.17) is 9.47 Å². The number of para-hydroxylation sites is 2. The number of rotatable bonds is 7. The van der Waals surface area contributed by atoms with E-state index in [2.05, 4.69) is 5.32 Å². The molecule has 2 amide bonds. The lowest BCUT2D eigenvalue weighted by molar-refractivity contribution is -0.126. The molecule has 1 N–H and O–H groups in total. The van der Waals surface area contributed by atoms with Crippen molar-refractivity contribution in [1.82, 2.24) is 5.32 Å². The van der Waals surface area contributed by atoms with Crippen LogP contribution >= 0.6 is 0 Å². The number of hydrogen-bond acceptors (Lipinski definition) is 4. The first-order chi connectivity index (χ1) is 13.1. The van der Waals surface area contributed by atoms with Gasteiger partial charge in [0.05, 0.1) is 13.0 Å². The van der Waals surface area contributed by atoms with E-state index in [1.165, 1.54) is 0 Å². The molecular weight excluding hydrogens is 344 g/mol. The summed E-state index contributed by atoms with van der Waals surface area (Å²) in [5, 5.41) is 2.92. The highest BCUT2D eigenvalue weighted by molar-refractivity contribution is 6.00. The molecule has 3 rings (SSSR count). The van der Waals surface area contributed by atoms with E-state index >= 15 is 0 Å². The SMILES string of the molecule is COc1ccccc1C(CNC(=O)C1CC(=O)N(c2ccccc2)C1)OC. The number of amides is 2. The Hall–Kier alpha value is -2.86. The number of carbonyl (C=O) groups is 2. The molecule has 0 aliphatic carbocycles. The van der Waals surface area contributed by atoms with Crippen LogP contribution in [0.5, 0.6) is 5.75 Å². The van der Waals surface area contributed by atoms with Crippen molar-refractivity contribution in [2.45, 2.75) is 12.5 Å². The summed E-state index contributed by atoms with van der Waals surface area (Å²) in [7, 11) is 3.20. The Bertz CT molecular complexity index is 794. The predicted molar refractivity (Wildman–Crippen MR) is 103 cm³/mol. The lowest BCUT2D eigenvalue weighted by atomic mass is 10.1. The molecule has 6 nitrogen and oxygen atoms in total. The van der Waals surface area contributed by atoms with Gasteiger partial charge in [0, 0.05) is 37.9 Å². The van der Waals surface area contributed by atoms with Crippen LogP contribution in [-0.2, 0) is 14.3 Å². The second-order valence-electron chi connectivity index (χ2n) is 6.45. The summed E-state index contributed by atoms with van der Waals surface area (Å²) < 4.78 is 10.9. The molecule has 0 aromatic heterocycles. The number of ether oxygens (including phenoxy) is 2. The van der Waals surface area contributed by atoms with E-state index in [1.807, 2.05) is 54.6 Å². The number of hydrogen-bond donors (Lipinski definition) is 1. The Balaban J connectivity index is 1.61. The average Bonchev–Trinajstić information content (AvgIpc) is 3.11. The van der Waals surface area contributed by atoms with Crippen LogP contribution in [0.25, 0.3) is 0 Å². The highest BCUT2D eigenvalue weighted by atomic mass is 16.5. The second-order valence-corrected chi connectivity index (χ2v) is 6.45. The summed E-state index contributed by atoms with van der Waals surface area (Å²) in [6, 6.07) is 17.0. The quantitative estimate of drug-likeness (QED) is 0.816. The van der Waals surface area contributed by atoms with Crippen LogP contribution in [0.15, 0.2) is 54.6 Å². The molecule has 2 unspecified atom stereocenters. The highest BCUT2D eigenvalue weighted by Gasteiger charge is 2.35. The first-order valence-corrected chi connectivity index (χ1v) is 8.93. The zero-order valence-corrected chi connectivity index (χ0v) is 15.6. The molecular formula is C21H24N2O4. The Morgan fingerprint density at radius 3 is 2.56 bits per heavy atom. The molecule has 0 bridgehead atoms.